The van der Waals surface area contributed by atoms with Crippen molar-refractivity contribution in [2.24, 2.45) is 0 Å². The third kappa shape index (κ3) is 3.47. The van der Waals surface area contributed by atoms with Crippen LogP contribution in [0.25, 0.3) is 0 Å². The van der Waals surface area contributed by atoms with Crippen molar-refractivity contribution in [3.63, 3.8) is 0 Å². The van der Waals surface area contributed by atoms with Gasteiger partial charge in [-0.1, -0.05) is 18.2 Å². The van der Waals surface area contributed by atoms with Gasteiger partial charge in [-0.15, -0.1) is 0 Å². The maximum atomic E-state index is 12.1. The number of carbonyl (C=O) groups excluding carboxylic acids is 1. The molecule has 1 aromatic carbocycles. The number of hydrogen-bond acceptors (Lipinski definition) is 3. The summed E-state index contributed by atoms with van der Waals surface area (Å²) < 4.78 is 5.28. The molecule has 0 radical (unpaired) electrons. The van der Waals surface area contributed by atoms with Gasteiger partial charge in [0, 0.05) is 18.8 Å². The molecule has 5 nitrogen and oxygen atoms in total. The van der Waals surface area contributed by atoms with Gasteiger partial charge >= 0.3 is 6.03 Å². The van der Waals surface area contributed by atoms with Crippen molar-refractivity contribution in [3.8, 4) is 5.75 Å². The zero-order valence-corrected chi connectivity index (χ0v) is 11.5. The van der Waals surface area contributed by atoms with Crippen molar-refractivity contribution in [2.75, 3.05) is 19.5 Å². The van der Waals surface area contributed by atoms with Crippen LogP contribution < -0.4 is 10.1 Å². The normalized spacial score (nSPS) is 9.90. The molecule has 2 amide bonds. The van der Waals surface area contributed by atoms with E-state index in [2.05, 4.69) is 10.3 Å². The van der Waals surface area contributed by atoms with Crippen molar-refractivity contribution >= 4 is 11.7 Å². The molecule has 0 aliphatic rings. The Morgan fingerprint density at radius 2 is 2.10 bits per heavy atom. The van der Waals surface area contributed by atoms with Gasteiger partial charge in [-0.3, -0.25) is 4.98 Å². The first-order valence-electron chi connectivity index (χ1n) is 6.24. The number of ether oxygens (including phenoxy) is 1. The van der Waals surface area contributed by atoms with Gasteiger partial charge in [-0.25, -0.2) is 4.79 Å². The molecule has 0 saturated carbocycles. The summed E-state index contributed by atoms with van der Waals surface area (Å²) in [5.74, 6) is 0.772. The Bertz CT molecular complexity index is 572. The Balaban J connectivity index is 2.01. The predicted octanol–water partition coefficient (Wildman–Crippen LogP) is 2.75. The first kappa shape index (κ1) is 13.9. The molecule has 2 aromatic rings. The number of anilines is 1. The van der Waals surface area contributed by atoms with Crippen LogP contribution in [0.3, 0.4) is 0 Å². The van der Waals surface area contributed by atoms with Crippen molar-refractivity contribution in [2.45, 2.75) is 6.54 Å². The van der Waals surface area contributed by atoms with Gasteiger partial charge in [0.15, 0.2) is 0 Å². The Kier molecular flexibility index (Phi) is 4.55. The fourth-order valence-electron chi connectivity index (χ4n) is 1.82. The van der Waals surface area contributed by atoms with Crippen LogP contribution in [-0.4, -0.2) is 30.1 Å². The van der Waals surface area contributed by atoms with Gasteiger partial charge in [-0.05, 0) is 18.2 Å². The number of rotatable bonds is 4. The average Bonchev–Trinajstić information content (AvgIpc) is 2.48. The van der Waals surface area contributed by atoms with Crippen molar-refractivity contribution < 1.29 is 9.53 Å². The number of urea groups is 1. The van der Waals surface area contributed by atoms with E-state index in [-0.39, 0.29) is 6.03 Å². The number of hydrogen-bond donors (Lipinski definition) is 1. The quantitative estimate of drug-likeness (QED) is 0.930. The standard InChI is InChI=1S/C15H17N3O2/c1-18(11-12-6-3-4-8-14(12)20-2)15(19)17-13-7-5-9-16-10-13/h3-10H,11H2,1-2H3,(H,17,19). The lowest BCUT2D eigenvalue weighted by Gasteiger charge is -2.19. The number of amides is 2. The molecule has 0 atom stereocenters. The van der Waals surface area contributed by atoms with E-state index in [0.717, 1.165) is 11.3 Å². The minimum Gasteiger partial charge on any atom is -0.496 e. The molecule has 1 heterocycles. The molecule has 0 aliphatic heterocycles. The number of carbonyl (C=O) groups is 1. The van der Waals surface area contributed by atoms with E-state index >= 15 is 0 Å². The lowest BCUT2D eigenvalue weighted by atomic mass is 10.2. The van der Waals surface area contributed by atoms with Crippen molar-refractivity contribution in [1.82, 2.24) is 9.88 Å². The van der Waals surface area contributed by atoms with Gasteiger partial charge in [-0.2, -0.15) is 0 Å². The van der Waals surface area contributed by atoms with Gasteiger partial charge in [0.05, 0.1) is 25.5 Å². The number of pyridine rings is 1. The topological polar surface area (TPSA) is 54.5 Å². The van der Waals surface area contributed by atoms with Gasteiger partial charge in [0.2, 0.25) is 0 Å². The maximum Gasteiger partial charge on any atom is 0.321 e. The number of nitrogens with zero attached hydrogens (tertiary/aromatic N) is 2. The summed E-state index contributed by atoms with van der Waals surface area (Å²) in [7, 11) is 3.35. The van der Waals surface area contributed by atoms with Crippen LogP contribution in [-0.2, 0) is 6.54 Å². The summed E-state index contributed by atoms with van der Waals surface area (Å²) in [6, 6.07) is 11.0. The molecular weight excluding hydrogens is 254 g/mol. The Hall–Kier alpha value is -2.56. The molecule has 104 valence electrons. The fraction of sp³-hybridized carbons (Fsp3) is 0.200. The molecule has 0 spiro atoms. The molecule has 20 heavy (non-hydrogen) atoms. The first-order valence-corrected chi connectivity index (χ1v) is 6.24. The van der Waals surface area contributed by atoms with Crippen LogP contribution in [0.5, 0.6) is 5.75 Å². The van der Waals surface area contributed by atoms with Crippen LogP contribution in [0.15, 0.2) is 48.8 Å². The number of aromatic nitrogens is 1. The third-order valence-electron chi connectivity index (χ3n) is 2.86. The highest BCUT2D eigenvalue weighted by atomic mass is 16.5. The molecular formula is C15H17N3O2. The van der Waals surface area contributed by atoms with Crippen LogP contribution in [0.4, 0.5) is 10.5 Å². The maximum absolute atomic E-state index is 12.1. The van der Waals surface area contributed by atoms with E-state index in [0.29, 0.717) is 12.2 Å². The minimum absolute atomic E-state index is 0.191. The molecule has 5 heteroatoms. The predicted molar refractivity (Wildman–Crippen MR) is 77.7 cm³/mol. The Morgan fingerprint density at radius 1 is 1.30 bits per heavy atom. The van der Waals surface area contributed by atoms with E-state index in [1.165, 1.54) is 0 Å². The zero-order chi connectivity index (χ0) is 14.4. The Labute approximate surface area is 118 Å². The summed E-state index contributed by atoms with van der Waals surface area (Å²) in [5.41, 5.74) is 1.63. The van der Waals surface area contributed by atoms with Gasteiger partial charge in [0.1, 0.15) is 5.75 Å². The van der Waals surface area contributed by atoms with Crippen LogP contribution in [0.2, 0.25) is 0 Å². The molecule has 0 saturated heterocycles. The van der Waals surface area contributed by atoms with E-state index in [4.69, 9.17) is 4.74 Å². The highest BCUT2D eigenvalue weighted by Crippen LogP contribution is 2.19. The van der Waals surface area contributed by atoms with Crippen LogP contribution in [0, 0.1) is 0 Å². The number of benzene rings is 1. The summed E-state index contributed by atoms with van der Waals surface area (Å²) in [6.07, 6.45) is 3.27. The fourth-order valence-corrected chi connectivity index (χ4v) is 1.82. The summed E-state index contributed by atoms with van der Waals surface area (Å²) in [6.45, 7) is 0.468. The lowest BCUT2D eigenvalue weighted by Crippen LogP contribution is -2.31. The van der Waals surface area contributed by atoms with E-state index < -0.39 is 0 Å². The molecule has 0 fully saturated rings. The second-order valence-electron chi connectivity index (χ2n) is 4.34. The second-order valence-corrected chi connectivity index (χ2v) is 4.34. The van der Waals surface area contributed by atoms with Crippen LogP contribution >= 0.6 is 0 Å². The van der Waals surface area contributed by atoms with Crippen LogP contribution in [0.1, 0.15) is 5.56 Å². The number of para-hydroxylation sites is 1. The lowest BCUT2D eigenvalue weighted by molar-refractivity contribution is 0.220. The highest BCUT2D eigenvalue weighted by molar-refractivity contribution is 5.88. The second kappa shape index (κ2) is 6.56. The van der Waals surface area contributed by atoms with Gasteiger partial charge < -0.3 is 15.0 Å². The third-order valence-corrected chi connectivity index (χ3v) is 2.86. The molecule has 0 unspecified atom stereocenters. The molecule has 0 bridgehead atoms. The van der Waals surface area contributed by atoms with Crippen molar-refractivity contribution in [1.29, 1.82) is 0 Å². The van der Waals surface area contributed by atoms with E-state index in [1.54, 1.807) is 43.6 Å². The molecule has 1 aromatic heterocycles. The van der Waals surface area contributed by atoms with E-state index in [9.17, 15) is 4.79 Å². The van der Waals surface area contributed by atoms with E-state index in [1.807, 2.05) is 24.3 Å². The van der Waals surface area contributed by atoms with Crippen molar-refractivity contribution in [3.05, 3.63) is 54.4 Å². The summed E-state index contributed by atoms with van der Waals surface area (Å²) in [5, 5.41) is 2.78. The largest absolute Gasteiger partial charge is 0.496 e. The zero-order valence-electron chi connectivity index (χ0n) is 11.5. The number of nitrogens with one attached hydrogen (secondary N) is 1. The molecule has 0 aliphatic carbocycles. The first-order chi connectivity index (χ1) is 9.70. The molecule has 1 N–H and O–H groups in total. The van der Waals surface area contributed by atoms with Gasteiger partial charge in [0.25, 0.3) is 0 Å². The Morgan fingerprint density at radius 3 is 2.80 bits per heavy atom. The monoisotopic (exact) mass is 271 g/mol. The summed E-state index contributed by atoms with van der Waals surface area (Å²) in [4.78, 5) is 17.6. The average molecular weight is 271 g/mol. The SMILES string of the molecule is COc1ccccc1CN(C)C(=O)Nc1cccnc1. The smallest absolute Gasteiger partial charge is 0.321 e. The number of methoxy groups -OCH3 is 1. The summed E-state index contributed by atoms with van der Waals surface area (Å²) >= 11 is 0. The minimum atomic E-state index is -0.191. The molecule has 2 rings (SSSR count). The highest BCUT2D eigenvalue weighted by Gasteiger charge is 2.11.